The fourth-order valence-electron chi connectivity index (χ4n) is 1.58. The Balaban J connectivity index is 2.00. The smallest absolute Gasteiger partial charge is 0.137 e. The maximum Gasteiger partial charge on any atom is 0.137 e. The second-order valence-electron chi connectivity index (χ2n) is 4.00. The van der Waals surface area contributed by atoms with Crippen molar-refractivity contribution in [2.24, 2.45) is 5.10 Å². The van der Waals surface area contributed by atoms with Crippen LogP contribution >= 0.6 is 23.2 Å². The molecule has 3 nitrogen and oxygen atoms in total. The van der Waals surface area contributed by atoms with Crippen LogP contribution < -0.4 is 10.2 Å². The van der Waals surface area contributed by atoms with Crippen molar-refractivity contribution in [2.45, 2.75) is 6.92 Å². The molecule has 2 aromatic rings. The molecule has 0 aromatic heterocycles. The summed E-state index contributed by atoms with van der Waals surface area (Å²) >= 11 is 11.9. The predicted octanol–water partition coefficient (Wildman–Crippen LogP) is 4.84. The van der Waals surface area contributed by atoms with Gasteiger partial charge in [0.1, 0.15) is 5.75 Å². The molecule has 1 N–H and O–H groups in total. The first kappa shape index (κ1) is 14.7. The number of hydrogen-bond donors (Lipinski definition) is 1. The second-order valence-corrected chi connectivity index (χ2v) is 4.84. The highest BCUT2D eigenvalue weighted by molar-refractivity contribution is 6.32. The van der Waals surface area contributed by atoms with Crippen molar-refractivity contribution in [1.82, 2.24) is 0 Å². The third-order valence-electron chi connectivity index (χ3n) is 2.51. The van der Waals surface area contributed by atoms with Gasteiger partial charge in [-0.2, -0.15) is 5.10 Å². The molecule has 0 radical (unpaired) electrons. The molecule has 0 unspecified atom stereocenters. The molecule has 0 amide bonds. The Bertz CT molecular complexity index is 597. The Kier molecular flexibility index (Phi) is 5.27. The van der Waals surface area contributed by atoms with E-state index in [0.29, 0.717) is 22.4 Å². The number of benzene rings is 2. The second kappa shape index (κ2) is 7.17. The first-order valence-electron chi connectivity index (χ1n) is 6.16. The largest absolute Gasteiger partial charge is 0.492 e. The fraction of sp³-hybridized carbons (Fsp3) is 0.133. The van der Waals surface area contributed by atoms with Gasteiger partial charge in [0.2, 0.25) is 0 Å². The van der Waals surface area contributed by atoms with Crippen LogP contribution in [0.15, 0.2) is 47.6 Å². The molecule has 0 aliphatic carbocycles. The van der Waals surface area contributed by atoms with Crippen LogP contribution in [-0.4, -0.2) is 12.8 Å². The van der Waals surface area contributed by atoms with Gasteiger partial charge in [-0.15, -0.1) is 0 Å². The van der Waals surface area contributed by atoms with E-state index in [2.05, 4.69) is 10.5 Å². The third kappa shape index (κ3) is 4.15. The van der Waals surface area contributed by atoms with Crippen LogP contribution in [0.3, 0.4) is 0 Å². The van der Waals surface area contributed by atoms with Gasteiger partial charge >= 0.3 is 0 Å². The van der Waals surface area contributed by atoms with E-state index in [1.165, 1.54) is 0 Å². The minimum absolute atomic E-state index is 0.572. The molecule has 0 saturated heterocycles. The molecule has 0 spiro atoms. The minimum atomic E-state index is 0.572. The summed E-state index contributed by atoms with van der Waals surface area (Å²) in [6.45, 7) is 2.51. The highest BCUT2D eigenvalue weighted by Gasteiger charge is 2.00. The molecule has 2 aromatic carbocycles. The van der Waals surface area contributed by atoms with Gasteiger partial charge < -0.3 is 4.74 Å². The lowest BCUT2D eigenvalue weighted by Crippen LogP contribution is -1.94. The summed E-state index contributed by atoms with van der Waals surface area (Å²) in [5, 5.41) is 5.40. The number of hydrazone groups is 1. The third-order valence-corrected chi connectivity index (χ3v) is 3.05. The molecular formula is C15H14Cl2N2O. The number of hydrogen-bond acceptors (Lipinski definition) is 3. The van der Waals surface area contributed by atoms with E-state index < -0.39 is 0 Å². The summed E-state index contributed by atoms with van der Waals surface area (Å²) in [5.74, 6) is 0.678. The lowest BCUT2D eigenvalue weighted by Gasteiger charge is -2.05. The minimum Gasteiger partial charge on any atom is -0.492 e. The Morgan fingerprint density at radius 1 is 1.15 bits per heavy atom. The monoisotopic (exact) mass is 308 g/mol. The highest BCUT2D eigenvalue weighted by atomic mass is 35.5. The molecule has 5 heteroatoms. The average molecular weight is 309 g/mol. The molecule has 20 heavy (non-hydrogen) atoms. The number of nitrogens with zero attached hydrogens (tertiary/aromatic N) is 1. The average Bonchev–Trinajstić information content (AvgIpc) is 2.44. The molecule has 2 rings (SSSR count). The standard InChI is InChI=1S/C15H14Cl2N2O/c1-2-20-15-8-3-11(9-14(15)17)10-18-19-13-6-4-12(16)5-7-13/h3-10,19H,2H2,1H3/b18-10+. The Hall–Kier alpha value is -1.71. The van der Waals surface area contributed by atoms with Gasteiger partial charge in [0, 0.05) is 5.02 Å². The van der Waals surface area contributed by atoms with E-state index in [1.54, 1.807) is 24.4 Å². The van der Waals surface area contributed by atoms with Gasteiger partial charge in [-0.05, 0) is 55.0 Å². The van der Waals surface area contributed by atoms with Crippen LogP contribution in [0.25, 0.3) is 0 Å². The maximum absolute atomic E-state index is 6.10. The van der Waals surface area contributed by atoms with Crippen molar-refractivity contribution >= 4 is 35.1 Å². The summed E-state index contributed by atoms with van der Waals surface area (Å²) in [6.07, 6.45) is 1.69. The molecule has 0 atom stereocenters. The maximum atomic E-state index is 6.10. The zero-order valence-corrected chi connectivity index (χ0v) is 12.4. The Morgan fingerprint density at radius 2 is 1.90 bits per heavy atom. The van der Waals surface area contributed by atoms with Crippen molar-refractivity contribution in [3.8, 4) is 5.75 Å². The molecule has 104 valence electrons. The number of ether oxygens (including phenoxy) is 1. The van der Waals surface area contributed by atoms with Crippen LogP contribution in [0.1, 0.15) is 12.5 Å². The van der Waals surface area contributed by atoms with E-state index in [9.17, 15) is 0 Å². The zero-order chi connectivity index (χ0) is 14.4. The normalized spacial score (nSPS) is 10.8. The van der Waals surface area contributed by atoms with Crippen molar-refractivity contribution in [1.29, 1.82) is 0 Å². The molecule has 0 bridgehead atoms. The zero-order valence-electron chi connectivity index (χ0n) is 10.9. The van der Waals surface area contributed by atoms with Gasteiger partial charge in [-0.3, -0.25) is 5.43 Å². The van der Waals surface area contributed by atoms with Crippen LogP contribution in [-0.2, 0) is 0 Å². The molecule has 0 fully saturated rings. The quantitative estimate of drug-likeness (QED) is 0.633. The SMILES string of the molecule is CCOc1ccc(/C=N/Nc2ccc(Cl)cc2)cc1Cl. The lowest BCUT2D eigenvalue weighted by atomic mass is 10.2. The summed E-state index contributed by atoms with van der Waals surface area (Å²) in [5.41, 5.74) is 4.67. The van der Waals surface area contributed by atoms with Crippen molar-refractivity contribution in [3.63, 3.8) is 0 Å². The number of halogens is 2. The Morgan fingerprint density at radius 3 is 2.55 bits per heavy atom. The van der Waals surface area contributed by atoms with Crippen molar-refractivity contribution in [2.75, 3.05) is 12.0 Å². The summed E-state index contributed by atoms with van der Waals surface area (Å²) < 4.78 is 5.37. The number of nitrogens with one attached hydrogen (secondary N) is 1. The number of rotatable bonds is 5. The van der Waals surface area contributed by atoms with Gasteiger partial charge in [-0.1, -0.05) is 23.2 Å². The molecular weight excluding hydrogens is 295 g/mol. The summed E-state index contributed by atoms with van der Waals surface area (Å²) in [7, 11) is 0. The molecule has 0 aliphatic heterocycles. The van der Waals surface area contributed by atoms with Crippen LogP contribution in [0.5, 0.6) is 5.75 Å². The van der Waals surface area contributed by atoms with E-state index in [4.69, 9.17) is 27.9 Å². The van der Waals surface area contributed by atoms with E-state index in [1.807, 2.05) is 31.2 Å². The van der Waals surface area contributed by atoms with E-state index in [0.717, 1.165) is 11.3 Å². The lowest BCUT2D eigenvalue weighted by molar-refractivity contribution is 0.340. The number of anilines is 1. The van der Waals surface area contributed by atoms with Crippen molar-refractivity contribution < 1.29 is 4.74 Å². The molecule has 0 heterocycles. The van der Waals surface area contributed by atoms with Gasteiger partial charge in [0.05, 0.1) is 23.5 Å². The fourth-order valence-corrected chi connectivity index (χ4v) is 1.95. The summed E-state index contributed by atoms with van der Waals surface area (Å²) in [6, 6.07) is 12.8. The van der Waals surface area contributed by atoms with Gasteiger partial charge in [0.15, 0.2) is 0 Å². The Labute approximate surface area is 128 Å². The van der Waals surface area contributed by atoms with Crippen molar-refractivity contribution in [3.05, 3.63) is 58.1 Å². The van der Waals surface area contributed by atoms with Crippen LogP contribution in [0, 0.1) is 0 Å². The van der Waals surface area contributed by atoms with E-state index in [-0.39, 0.29) is 0 Å². The van der Waals surface area contributed by atoms with Gasteiger partial charge in [-0.25, -0.2) is 0 Å². The highest BCUT2D eigenvalue weighted by Crippen LogP contribution is 2.24. The topological polar surface area (TPSA) is 33.6 Å². The van der Waals surface area contributed by atoms with Crippen LogP contribution in [0.4, 0.5) is 5.69 Å². The van der Waals surface area contributed by atoms with Gasteiger partial charge in [0.25, 0.3) is 0 Å². The summed E-state index contributed by atoms with van der Waals surface area (Å²) in [4.78, 5) is 0. The van der Waals surface area contributed by atoms with Crippen LogP contribution in [0.2, 0.25) is 10.0 Å². The first-order chi connectivity index (χ1) is 9.69. The first-order valence-corrected chi connectivity index (χ1v) is 6.91. The molecule has 0 aliphatic rings. The predicted molar refractivity (Wildman–Crippen MR) is 85.3 cm³/mol. The van der Waals surface area contributed by atoms with E-state index >= 15 is 0 Å². The molecule has 0 saturated carbocycles.